The molecule has 152 valence electrons. The fraction of sp³-hybridized carbons (Fsp3) is 0. The van der Waals surface area contributed by atoms with Gasteiger partial charge in [0, 0.05) is 11.7 Å². The molecule has 0 spiro atoms. The maximum Gasteiger partial charge on any atom is 0.185 e. The predicted molar refractivity (Wildman–Crippen MR) is 139 cm³/mol. The van der Waals surface area contributed by atoms with Gasteiger partial charge in [-0.15, -0.1) is 0 Å². The molecule has 0 fully saturated rings. The van der Waals surface area contributed by atoms with Crippen LogP contribution in [-0.2, 0) is 0 Å². The molecule has 8 nitrogen and oxygen atoms in total. The summed E-state index contributed by atoms with van der Waals surface area (Å²) >= 11 is 43.0. The van der Waals surface area contributed by atoms with E-state index in [4.69, 9.17) is 85.5 Å². The molecule has 0 amide bonds. The summed E-state index contributed by atoms with van der Waals surface area (Å²) in [6, 6.07) is 0. The molecule has 0 aromatic carbocycles. The molecule has 4 heterocycles. The maximum absolute atomic E-state index is 4.74. The molecule has 0 radical (unpaired) electrons. The lowest BCUT2D eigenvalue weighted by Gasteiger charge is -1.57. The topological polar surface area (TPSA) is 126 Å². The number of hydrogen-bond donors (Lipinski definition) is 8. The van der Waals surface area contributed by atoms with E-state index in [1.807, 2.05) is 0 Å². The minimum Gasteiger partial charge on any atom is -0.313 e. The molecule has 0 bridgehead atoms. The van der Waals surface area contributed by atoms with E-state index in [-0.39, 0.29) is 0 Å². The van der Waals surface area contributed by atoms with Crippen molar-refractivity contribution in [1.29, 1.82) is 0 Å². The summed E-state index contributed by atoms with van der Waals surface area (Å²) in [7, 11) is 0. The maximum atomic E-state index is 4.74. The van der Waals surface area contributed by atoms with E-state index in [0.29, 0.717) is 30.6 Å². The van der Waals surface area contributed by atoms with Crippen LogP contribution in [0.4, 0.5) is 0 Å². The van der Waals surface area contributed by atoms with Crippen molar-refractivity contribution in [3.8, 4) is 0 Å². The second-order valence-corrected chi connectivity index (χ2v) is 11.3. The lowest BCUT2D eigenvalue weighted by Crippen LogP contribution is -1.60. The molecule has 8 N–H and O–H groups in total. The SMILES string of the molecule is S=c1[nH][nH]c(=S)s1.S=c1[nH][nH]sc1=S.S=c1[nH]s[nH]c1=S.S=c1[nH]sc(=S)[nH]1. The van der Waals surface area contributed by atoms with Crippen molar-refractivity contribution in [2.24, 2.45) is 0 Å². The Balaban J connectivity index is 0.000000187. The smallest absolute Gasteiger partial charge is 0.185 e. The quantitative estimate of drug-likeness (QED) is 0.0978. The number of nitrogens with one attached hydrogen (secondary N) is 8. The van der Waals surface area contributed by atoms with E-state index < -0.39 is 0 Å². The van der Waals surface area contributed by atoms with Crippen molar-refractivity contribution < 1.29 is 0 Å². The fourth-order valence-corrected chi connectivity index (χ4v) is 4.73. The lowest BCUT2D eigenvalue weighted by molar-refractivity contribution is 1.07. The van der Waals surface area contributed by atoms with Crippen molar-refractivity contribution in [3.05, 3.63) is 34.4 Å². The van der Waals surface area contributed by atoms with Crippen LogP contribution in [0, 0.1) is 34.4 Å². The van der Waals surface area contributed by atoms with Gasteiger partial charge < -0.3 is 4.98 Å². The average Bonchev–Trinajstić information content (AvgIpc) is 3.39. The Morgan fingerprint density at radius 1 is 0.571 bits per heavy atom. The van der Waals surface area contributed by atoms with E-state index in [9.17, 15) is 0 Å². The number of hydrogen-bond acceptors (Lipinski definition) is 12. The van der Waals surface area contributed by atoms with Crippen molar-refractivity contribution in [3.63, 3.8) is 0 Å². The second-order valence-electron chi connectivity index (χ2n) is 3.78. The van der Waals surface area contributed by atoms with Gasteiger partial charge in [0.2, 0.25) is 0 Å². The molecule has 0 unspecified atom stereocenters. The molecule has 0 aliphatic rings. The van der Waals surface area contributed by atoms with E-state index in [1.165, 1.54) is 46.1 Å². The van der Waals surface area contributed by atoms with Crippen LogP contribution >= 0.6 is 144 Å². The third-order valence-electron chi connectivity index (χ3n) is 1.89. The first-order valence-electron chi connectivity index (χ1n) is 6.27. The number of aromatic nitrogens is 8. The predicted octanol–water partition coefficient (Wildman–Crippen LogP) is 7.45. The van der Waals surface area contributed by atoms with Crippen LogP contribution in [0.15, 0.2) is 0 Å². The monoisotopic (exact) mass is 600 g/mol. The second kappa shape index (κ2) is 14.1. The van der Waals surface area contributed by atoms with E-state index in [0.717, 1.165) is 3.82 Å². The van der Waals surface area contributed by atoms with Crippen LogP contribution in [0.3, 0.4) is 0 Å². The van der Waals surface area contributed by atoms with Gasteiger partial charge in [-0.1, -0.05) is 60.2 Å². The Morgan fingerprint density at radius 3 is 1.29 bits per heavy atom. The van der Waals surface area contributed by atoms with E-state index in [1.54, 1.807) is 0 Å². The van der Waals surface area contributed by atoms with Crippen LogP contribution in [0.5, 0.6) is 0 Å². The fourth-order valence-electron chi connectivity index (χ4n) is 0.900. The van der Waals surface area contributed by atoms with Gasteiger partial charge in [0.25, 0.3) is 0 Å². The highest BCUT2D eigenvalue weighted by Crippen LogP contribution is 1.95. The first kappa shape index (κ1) is 26.0. The minimum atomic E-state index is 0.606. The first-order chi connectivity index (χ1) is 13.2. The highest BCUT2D eigenvalue weighted by molar-refractivity contribution is 7.76. The summed E-state index contributed by atoms with van der Waals surface area (Å²) in [5.74, 6) is 0. The molecule has 0 aliphatic carbocycles. The number of rotatable bonds is 0. The standard InChI is InChI=1S/4C2H2N2S3/c5-1-3-4-2(6)7-1;5-1-3-2(6)7-4-1;5-1-2(6)7-4-3-1;5-1-2(6)4-7-3-1/h(H,3,5)(H,4,6);(H2,3,4,5,6);4H,(H,3,5);(H,3,5)(H,4,6). The van der Waals surface area contributed by atoms with Crippen LogP contribution in [-0.4, -0.2) is 37.9 Å². The molecule has 0 aliphatic heterocycles. The lowest BCUT2D eigenvalue weighted by atomic mass is 11.0. The van der Waals surface area contributed by atoms with Crippen LogP contribution in [0.25, 0.3) is 0 Å². The Morgan fingerprint density at radius 2 is 1.14 bits per heavy atom. The van der Waals surface area contributed by atoms with Crippen LogP contribution in [0.1, 0.15) is 0 Å². The van der Waals surface area contributed by atoms with Crippen molar-refractivity contribution in [2.45, 2.75) is 0 Å². The largest absolute Gasteiger partial charge is 0.313 e. The van der Waals surface area contributed by atoms with Gasteiger partial charge in [-0.25, -0.2) is 0 Å². The molecule has 0 atom stereocenters. The van der Waals surface area contributed by atoms with Gasteiger partial charge >= 0.3 is 0 Å². The average molecular weight is 601 g/mol. The van der Waals surface area contributed by atoms with Gasteiger partial charge in [-0.05, 0) is 71.9 Å². The van der Waals surface area contributed by atoms with E-state index in [2.05, 4.69) is 50.1 Å². The summed E-state index contributed by atoms with van der Waals surface area (Å²) in [6.45, 7) is 0. The van der Waals surface area contributed by atoms with Crippen LogP contribution < -0.4 is 0 Å². The third kappa shape index (κ3) is 11.3. The Labute approximate surface area is 213 Å². The molecule has 4 aromatic rings. The summed E-state index contributed by atoms with van der Waals surface area (Å²) in [4.78, 5) is 2.73. The van der Waals surface area contributed by atoms with Gasteiger partial charge in [0.05, 0.1) is 0 Å². The Kier molecular flexibility index (Phi) is 13.1. The molecule has 20 heteroatoms. The zero-order valence-electron chi connectivity index (χ0n) is 12.9. The molecule has 4 rings (SSSR count). The summed E-state index contributed by atoms with van der Waals surface area (Å²) < 4.78 is 16.3. The molecule has 0 saturated heterocycles. The van der Waals surface area contributed by atoms with Crippen molar-refractivity contribution in [1.82, 2.24) is 37.9 Å². The molecular weight excluding hydrogens is 593 g/mol. The first-order valence-corrected chi connectivity index (χ1v) is 12.8. The zero-order valence-corrected chi connectivity index (χ0v) is 22.7. The Hall–Kier alpha value is -0.000000000000000111. The number of H-pyrrole nitrogens is 8. The number of aromatic amines is 8. The molecule has 28 heavy (non-hydrogen) atoms. The Bertz CT molecular complexity index is 1190. The van der Waals surface area contributed by atoms with Gasteiger partial charge in [-0.3, -0.25) is 32.9 Å². The van der Waals surface area contributed by atoms with Crippen molar-refractivity contribution in [2.75, 3.05) is 0 Å². The third-order valence-corrected chi connectivity index (χ3v) is 7.67. The minimum absolute atomic E-state index is 0.606. The molecule has 0 saturated carbocycles. The van der Waals surface area contributed by atoms with Gasteiger partial charge in [0.15, 0.2) is 16.6 Å². The zero-order chi connectivity index (χ0) is 21.1. The summed E-state index contributed by atoms with van der Waals surface area (Å²) in [5, 5.41) is 8.02. The van der Waals surface area contributed by atoms with Crippen molar-refractivity contribution >= 4 is 144 Å². The summed E-state index contributed by atoms with van der Waals surface area (Å²) in [6.07, 6.45) is 0. The van der Waals surface area contributed by atoms with E-state index >= 15 is 0 Å². The van der Waals surface area contributed by atoms with Crippen LogP contribution in [0.2, 0.25) is 0 Å². The summed E-state index contributed by atoms with van der Waals surface area (Å²) in [5.41, 5.74) is 0. The molecular formula is C8H8N8S12. The normalized spacial score (nSPS) is 9.14. The highest BCUT2D eigenvalue weighted by Gasteiger charge is 1.78. The van der Waals surface area contributed by atoms with Gasteiger partial charge in [0.1, 0.15) is 17.7 Å². The molecule has 4 aromatic heterocycles. The highest BCUT2D eigenvalue weighted by atomic mass is 32.2. The van der Waals surface area contributed by atoms with Gasteiger partial charge in [-0.2, -0.15) is 0 Å².